The number of para-hydroxylation sites is 2. The molecule has 2 aromatic heterocycles. The highest BCUT2D eigenvalue weighted by molar-refractivity contribution is 7.14. The van der Waals surface area contributed by atoms with Gasteiger partial charge in [0.15, 0.2) is 5.13 Å². The van der Waals surface area contributed by atoms with Crippen LogP contribution in [0.4, 0.5) is 10.8 Å². The third kappa shape index (κ3) is 4.08. The second-order valence-corrected chi connectivity index (χ2v) is 7.00. The maximum absolute atomic E-state index is 12.6. The lowest BCUT2D eigenvalue weighted by Crippen LogP contribution is -2.22. The third-order valence-corrected chi connectivity index (χ3v) is 5.01. The Hall–Kier alpha value is -3.92. The number of carbonyl (C=O) groups excluding carboxylic acids is 2. The van der Waals surface area contributed by atoms with E-state index in [9.17, 15) is 9.59 Å². The lowest BCUT2D eigenvalue weighted by atomic mass is 10.2. The maximum Gasteiger partial charge on any atom is 0.340 e. The van der Waals surface area contributed by atoms with E-state index in [-0.39, 0.29) is 12.5 Å². The third-order valence-electron chi connectivity index (χ3n) is 4.13. The minimum Gasteiger partial charge on any atom is -0.455 e. The summed E-state index contributed by atoms with van der Waals surface area (Å²) in [4.78, 5) is 30.7. The first-order chi connectivity index (χ1) is 14.6. The van der Waals surface area contributed by atoms with Crippen molar-refractivity contribution in [1.29, 1.82) is 0 Å². The average molecular weight is 420 g/mol. The van der Waals surface area contributed by atoms with Crippen molar-refractivity contribution in [2.24, 2.45) is 0 Å². The smallest absolute Gasteiger partial charge is 0.340 e. The van der Waals surface area contributed by atoms with Crippen LogP contribution in [-0.4, -0.2) is 37.1 Å². The molecule has 0 saturated carbocycles. The molecule has 150 valence electrons. The zero-order chi connectivity index (χ0) is 20.9. The number of nitrogens with zero attached hydrogens (tertiary/aromatic N) is 6. The van der Waals surface area contributed by atoms with Crippen molar-refractivity contribution in [3.8, 4) is 5.69 Å². The summed E-state index contributed by atoms with van der Waals surface area (Å²) in [5.41, 5.74) is 2.11. The zero-order valence-electron chi connectivity index (χ0n) is 15.9. The van der Waals surface area contributed by atoms with E-state index < -0.39 is 5.97 Å². The molecule has 0 unspecified atom stereocenters. The fourth-order valence-corrected chi connectivity index (χ4v) is 3.68. The fourth-order valence-electron chi connectivity index (χ4n) is 2.80. The Morgan fingerprint density at radius 1 is 1.10 bits per heavy atom. The van der Waals surface area contributed by atoms with Crippen LogP contribution in [0.25, 0.3) is 5.69 Å². The van der Waals surface area contributed by atoms with Crippen LogP contribution in [0.15, 0.2) is 66.3 Å². The first-order valence-corrected chi connectivity index (χ1v) is 9.81. The van der Waals surface area contributed by atoms with E-state index >= 15 is 0 Å². The monoisotopic (exact) mass is 420 g/mol. The number of hydrogen-bond acceptors (Lipinski definition) is 8. The van der Waals surface area contributed by atoms with Gasteiger partial charge in [0.05, 0.1) is 22.6 Å². The summed E-state index contributed by atoms with van der Waals surface area (Å²) in [6.45, 7) is 1.45. The molecule has 30 heavy (non-hydrogen) atoms. The molecule has 9 nitrogen and oxygen atoms in total. The number of carbonyl (C=O) groups is 2. The minimum atomic E-state index is -0.526. The molecule has 2 aromatic carbocycles. The molecule has 0 aliphatic carbocycles. The highest BCUT2D eigenvalue weighted by Gasteiger charge is 2.19. The van der Waals surface area contributed by atoms with Crippen molar-refractivity contribution in [3.63, 3.8) is 0 Å². The van der Waals surface area contributed by atoms with Crippen LogP contribution in [0, 0.1) is 0 Å². The van der Waals surface area contributed by atoms with Crippen LogP contribution < -0.4 is 4.90 Å². The first kappa shape index (κ1) is 19.4. The predicted molar refractivity (Wildman–Crippen MR) is 110 cm³/mol. The van der Waals surface area contributed by atoms with E-state index in [2.05, 4.69) is 20.5 Å². The minimum absolute atomic E-state index is 0.0280. The molecule has 10 heteroatoms. The molecule has 4 aromatic rings. The predicted octanol–water partition coefficient (Wildman–Crippen LogP) is 3.16. The summed E-state index contributed by atoms with van der Waals surface area (Å²) < 4.78 is 6.82. The lowest BCUT2D eigenvalue weighted by molar-refractivity contribution is -0.115. The number of anilines is 2. The van der Waals surface area contributed by atoms with Gasteiger partial charge in [0, 0.05) is 12.3 Å². The molecule has 0 saturated heterocycles. The number of hydrogen-bond donors (Lipinski definition) is 0. The highest BCUT2D eigenvalue weighted by atomic mass is 32.1. The Kier molecular flexibility index (Phi) is 5.57. The molecule has 0 atom stereocenters. The maximum atomic E-state index is 12.6. The number of amides is 1. The van der Waals surface area contributed by atoms with Gasteiger partial charge in [-0.15, -0.1) is 16.4 Å². The number of aromatic nitrogens is 5. The van der Waals surface area contributed by atoms with Gasteiger partial charge < -0.3 is 4.74 Å². The summed E-state index contributed by atoms with van der Waals surface area (Å²) in [5, 5.41) is 13.3. The molecule has 0 N–H and O–H groups in total. The van der Waals surface area contributed by atoms with Gasteiger partial charge in [-0.2, -0.15) is 4.68 Å². The van der Waals surface area contributed by atoms with Crippen LogP contribution in [0.2, 0.25) is 0 Å². The van der Waals surface area contributed by atoms with Crippen molar-refractivity contribution in [2.75, 3.05) is 4.90 Å². The largest absolute Gasteiger partial charge is 0.455 e. The van der Waals surface area contributed by atoms with Gasteiger partial charge in [0.2, 0.25) is 5.91 Å². The Bertz CT molecular complexity index is 1160. The Labute approximate surface area is 175 Å². The number of rotatable bonds is 6. The fraction of sp³-hybridized carbons (Fsp3) is 0.100. The Morgan fingerprint density at radius 2 is 1.87 bits per heavy atom. The average Bonchev–Trinajstić information content (AvgIpc) is 3.45. The first-order valence-electron chi connectivity index (χ1n) is 8.93. The van der Waals surface area contributed by atoms with Crippen LogP contribution in [0.3, 0.4) is 0 Å². The number of esters is 1. The van der Waals surface area contributed by atoms with Gasteiger partial charge in [-0.05, 0) is 34.7 Å². The van der Waals surface area contributed by atoms with Crippen LogP contribution in [0.1, 0.15) is 23.0 Å². The van der Waals surface area contributed by atoms with Gasteiger partial charge in [-0.25, -0.2) is 9.78 Å². The summed E-state index contributed by atoms with van der Waals surface area (Å²) in [7, 11) is 0. The highest BCUT2D eigenvalue weighted by Crippen LogP contribution is 2.29. The van der Waals surface area contributed by atoms with Gasteiger partial charge in [0.1, 0.15) is 12.9 Å². The number of ether oxygens (including phenoxy) is 1. The molecule has 2 heterocycles. The SMILES string of the molecule is CC(=O)N(c1ccccc1)c1nc(COC(=O)c2ccccc2-n2cnnn2)cs1. The normalized spacial score (nSPS) is 10.6. The molecule has 4 rings (SSSR count). The lowest BCUT2D eigenvalue weighted by Gasteiger charge is -2.17. The van der Waals surface area contributed by atoms with Gasteiger partial charge >= 0.3 is 5.97 Å². The van der Waals surface area contributed by atoms with Crippen molar-refractivity contribution in [1.82, 2.24) is 25.2 Å². The molecule has 0 spiro atoms. The molecule has 1 amide bonds. The van der Waals surface area contributed by atoms with Crippen molar-refractivity contribution in [3.05, 3.63) is 77.6 Å². The number of thiazole rings is 1. The molecule has 0 fully saturated rings. The number of tetrazole rings is 1. The topological polar surface area (TPSA) is 103 Å². The molecule has 0 aliphatic rings. The van der Waals surface area contributed by atoms with E-state index in [1.807, 2.05) is 30.3 Å². The van der Waals surface area contributed by atoms with E-state index in [0.29, 0.717) is 22.1 Å². The summed E-state index contributed by atoms with van der Waals surface area (Å²) in [6, 6.07) is 16.1. The van der Waals surface area contributed by atoms with Crippen molar-refractivity contribution in [2.45, 2.75) is 13.5 Å². The molecule has 0 aliphatic heterocycles. The van der Waals surface area contributed by atoms with Crippen LogP contribution in [-0.2, 0) is 16.1 Å². The second kappa shape index (κ2) is 8.62. The van der Waals surface area contributed by atoms with E-state index in [1.54, 1.807) is 29.6 Å². The standard InChI is InChI=1S/C20H16N6O3S/c1-14(27)26(16-7-3-2-4-8-16)20-22-15(12-30-20)11-29-19(28)17-9-5-6-10-18(17)25-13-21-23-24-25/h2-10,12-13H,11H2,1H3. The van der Waals surface area contributed by atoms with E-state index in [1.165, 1.54) is 34.2 Å². The summed E-state index contributed by atoms with van der Waals surface area (Å²) in [6.07, 6.45) is 1.40. The van der Waals surface area contributed by atoms with Crippen molar-refractivity contribution >= 4 is 34.0 Å². The molecule has 0 bridgehead atoms. The van der Waals surface area contributed by atoms with E-state index in [0.717, 1.165) is 5.69 Å². The number of benzene rings is 2. The second-order valence-electron chi connectivity index (χ2n) is 6.16. The van der Waals surface area contributed by atoms with Gasteiger partial charge in [0.25, 0.3) is 0 Å². The van der Waals surface area contributed by atoms with Crippen molar-refractivity contribution < 1.29 is 14.3 Å². The Morgan fingerprint density at radius 3 is 2.60 bits per heavy atom. The van der Waals surface area contributed by atoms with Crippen LogP contribution in [0.5, 0.6) is 0 Å². The van der Waals surface area contributed by atoms with Crippen LogP contribution >= 0.6 is 11.3 Å². The Balaban J connectivity index is 1.49. The quantitative estimate of drug-likeness (QED) is 0.441. The molecular formula is C20H16N6O3S. The zero-order valence-corrected chi connectivity index (χ0v) is 16.7. The molecular weight excluding hydrogens is 404 g/mol. The summed E-state index contributed by atoms with van der Waals surface area (Å²) >= 11 is 1.30. The molecule has 0 radical (unpaired) electrons. The van der Waals surface area contributed by atoms with Gasteiger partial charge in [-0.3, -0.25) is 9.69 Å². The summed E-state index contributed by atoms with van der Waals surface area (Å²) in [5.74, 6) is -0.684. The van der Waals surface area contributed by atoms with Gasteiger partial charge in [-0.1, -0.05) is 30.3 Å². The van der Waals surface area contributed by atoms with E-state index in [4.69, 9.17) is 4.74 Å².